The van der Waals surface area contributed by atoms with Crippen LogP contribution >= 0.6 is 0 Å². The molecule has 1 N–H and O–H groups in total. The summed E-state index contributed by atoms with van der Waals surface area (Å²) in [5.41, 5.74) is -0.253. The van der Waals surface area contributed by atoms with Crippen molar-refractivity contribution in [2.24, 2.45) is 0 Å². The predicted octanol–water partition coefficient (Wildman–Crippen LogP) is 2.30. The predicted molar refractivity (Wildman–Crippen MR) is 53.6 cm³/mol. The molecule has 6 heteroatoms. The summed E-state index contributed by atoms with van der Waals surface area (Å²) in [6, 6.07) is 2.01. The molecule has 0 radical (unpaired) electrons. The molecule has 16 heavy (non-hydrogen) atoms. The number of nitro groups is 1. The SMILES string of the molecule is Cc1c([N+](=O)[O-])ccc(C(F)(F)CO)c1C. The van der Waals surface area contributed by atoms with Crippen LogP contribution in [0.15, 0.2) is 12.1 Å². The smallest absolute Gasteiger partial charge is 0.296 e. The molecule has 0 aliphatic carbocycles. The number of alkyl halides is 2. The zero-order valence-electron chi connectivity index (χ0n) is 8.83. The van der Waals surface area contributed by atoms with E-state index >= 15 is 0 Å². The highest BCUT2D eigenvalue weighted by molar-refractivity contribution is 5.49. The van der Waals surface area contributed by atoms with E-state index in [1.54, 1.807) is 0 Å². The van der Waals surface area contributed by atoms with Gasteiger partial charge >= 0.3 is 0 Å². The molecule has 0 heterocycles. The second-order valence-electron chi connectivity index (χ2n) is 3.50. The first kappa shape index (κ1) is 12.5. The Hall–Kier alpha value is -1.56. The maximum Gasteiger partial charge on any atom is 0.296 e. The van der Waals surface area contributed by atoms with Gasteiger partial charge in [-0.2, -0.15) is 8.78 Å². The third-order valence-corrected chi connectivity index (χ3v) is 2.55. The Balaban J connectivity index is 3.38. The fourth-order valence-corrected chi connectivity index (χ4v) is 1.49. The fourth-order valence-electron chi connectivity index (χ4n) is 1.49. The van der Waals surface area contributed by atoms with Gasteiger partial charge in [-0.05, 0) is 25.5 Å². The van der Waals surface area contributed by atoms with Gasteiger partial charge < -0.3 is 5.11 Å². The lowest BCUT2D eigenvalue weighted by Gasteiger charge is -2.17. The average molecular weight is 231 g/mol. The van der Waals surface area contributed by atoms with Crippen LogP contribution in [0, 0.1) is 24.0 Å². The van der Waals surface area contributed by atoms with Crippen molar-refractivity contribution < 1.29 is 18.8 Å². The van der Waals surface area contributed by atoms with Crippen LogP contribution in [0.4, 0.5) is 14.5 Å². The molecule has 0 fully saturated rings. The van der Waals surface area contributed by atoms with E-state index in [1.165, 1.54) is 13.8 Å². The van der Waals surface area contributed by atoms with Gasteiger partial charge in [-0.3, -0.25) is 10.1 Å². The normalized spacial score (nSPS) is 11.6. The molecule has 0 saturated heterocycles. The van der Waals surface area contributed by atoms with Crippen molar-refractivity contribution >= 4 is 5.69 Å². The van der Waals surface area contributed by atoms with Gasteiger partial charge in [0.25, 0.3) is 11.6 Å². The second kappa shape index (κ2) is 4.13. The van der Waals surface area contributed by atoms with Crippen LogP contribution in [0.25, 0.3) is 0 Å². The van der Waals surface area contributed by atoms with Gasteiger partial charge in [0.2, 0.25) is 0 Å². The Bertz CT molecular complexity index is 432. The number of halogens is 2. The van der Waals surface area contributed by atoms with Crippen molar-refractivity contribution in [3.8, 4) is 0 Å². The number of aliphatic hydroxyl groups excluding tert-OH is 1. The monoisotopic (exact) mass is 231 g/mol. The molecule has 0 spiro atoms. The topological polar surface area (TPSA) is 63.4 Å². The van der Waals surface area contributed by atoms with Gasteiger partial charge in [-0.25, -0.2) is 0 Å². The van der Waals surface area contributed by atoms with E-state index in [9.17, 15) is 18.9 Å². The summed E-state index contributed by atoms with van der Waals surface area (Å²) in [7, 11) is 0. The van der Waals surface area contributed by atoms with Crippen molar-refractivity contribution in [3.63, 3.8) is 0 Å². The van der Waals surface area contributed by atoms with E-state index in [0.717, 1.165) is 12.1 Å². The summed E-state index contributed by atoms with van der Waals surface area (Å²) in [4.78, 5) is 9.95. The fraction of sp³-hybridized carbons (Fsp3) is 0.400. The van der Waals surface area contributed by atoms with Crippen LogP contribution in [0.5, 0.6) is 0 Å². The minimum atomic E-state index is -3.37. The molecule has 1 rings (SSSR count). The third-order valence-electron chi connectivity index (χ3n) is 2.55. The van der Waals surface area contributed by atoms with Gasteiger partial charge in [0.05, 0.1) is 4.92 Å². The Morgan fingerprint density at radius 2 is 1.94 bits per heavy atom. The quantitative estimate of drug-likeness (QED) is 0.641. The van der Waals surface area contributed by atoms with Crippen LogP contribution in [-0.2, 0) is 5.92 Å². The van der Waals surface area contributed by atoms with Gasteiger partial charge in [0, 0.05) is 17.2 Å². The molecule has 0 saturated carbocycles. The van der Waals surface area contributed by atoms with Crippen molar-refractivity contribution in [2.45, 2.75) is 19.8 Å². The summed E-state index contributed by atoms with van der Waals surface area (Å²) in [5.74, 6) is -3.37. The minimum Gasteiger partial charge on any atom is -0.390 e. The Morgan fingerprint density at radius 1 is 1.38 bits per heavy atom. The first-order valence-electron chi connectivity index (χ1n) is 4.55. The number of benzene rings is 1. The lowest BCUT2D eigenvalue weighted by atomic mass is 9.97. The molecule has 1 aromatic carbocycles. The van der Waals surface area contributed by atoms with Crippen LogP contribution in [-0.4, -0.2) is 16.6 Å². The maximum atomic E-state index is 13.2. The summed E-state index contributed by atoms with van der Waals surface area (Å²) < 4.78 is 26.5. The number of hydrogen-bond donors (Lipinski definition) is 1. The standard InChI is InChI=1S/C10H11F2NO3/c1-6-7(2)9(13(15)16)4-3-8(6)10(11,12)5-14/h3-4,14H,5H2,1-2H3. The molecule has 0 aliphatic heterocycles. The molecular weight excluding hydrogens is 220 g/mol. The van der Waals surface area contributed by atoms with Gasteiger partial charge in [-0.15, -0.1) is 0 Å². The zero-order chi connectivity index (χ0) is 12.5. The van der Waals surface area contributed by atoms with Crippen molar-refractivity contribution in [2.75, 3.05) is 6.61 Å². The Kier molecular flexibility index (Phi) is 3.23. The van der Waals surface area contributed by atoms with Crippen LogP contribution in [0.1, 0.15) is 16.7 Å². The molecule has 1 aromatic rings. The lowest BCUT2D eigenvalue weighted by molar-refractivity contribution is -0.385. The second-order valence-corrected chi connectivity index (χ2v) is 3.50. The first-order valence-corrected chi connectivity index (χ1v) is 4.55. The highest BCUT2D eigenvalue weighted by atomic mass is 19.3. The van der Waals surface area contributed by atoms with E-state index < -0.39 is 17.5 Å². The van der Waals surface area contributed by atoms with Gasteiger partial charge in [-0.1, -0.05) is 0 Å². The highest BCUT2D eigenvalue weighted by Crippen LogP contribution is 2.34. The van der Waals surface area contributed by atoms with Gasteiger partial charge in [0.1, 0.15) is 6.61 Å². The molecular formula is C10H11F2NO3. The highest BCUT2D eigenvalue weighted by Gasteiger charge is 2.33. The number of hydrogen-bond acceptors (Lipinski definition) is 3. The minimum absolute atomic E-state index is 0.133. The first-order chi connectivity index (χ1) is 7.31. The average Bonchev–Trinajstić information content (AvgIpc) is 2.21. The molecule has 0 bridgehead atoms. The zero-order valence-corrected chi connectivity index (χ0v) is 8.83. The van der Waals surface area contributed by atoms with E-state index in [2.05, 4.69) is 0 Å². The summed E-state index contributed by atoms with van der Waals surface area (Å²) in [6.07, 6.45) is 0. The third kappa shape index (κ3) is 2.01. The molecule has 0 aromatic heterocycles. The van der Waals surface area contributed by atoms with E-state index in [-0.39, 0.29) is 22.4 Å². The Labute approximate surface area is 90.7 Å². The Morgan fingerprint density at radius 3 is 2.38 bits per heavy atom. The number of nitrogens with zero attached hydrogens (tertiary/aromatic N) is 1. The van der Waals surface area contributed by atoms with Crippen LogP contribution < -0.4 is 0 Å². The van der Waals surface area contributed by atoms with Crippen molar-refractivity contribution in [3.05, 3.63) is 38.9 Å². The maximum absolute atomic E-state index is 13.2. The summed E-state index contributed by atoms with van der Waals surface area (Å²) in [5, 5.41) is 19.1. The van der Waals surface area contributed by atoms with E-state index in [4.69, 9.17) is 5.11 Å². The molecule has 0 amide bonds. The molecule has 88 valence electrons. The largest absolute Gasteiger partial charge is 0.390 e. The van der Waals surface area contributed by atoms with Crippen molar-refractivity contribution in [1.82, 2.24) is 0 Å². The molecule has 0 unspecified atom stereocenters. The number of nitro benzene ring substituents is 1. The molecule has 0 aliphatic rings. The summed E-state index contributed by atoms with van der Waals surface area (Å²) in [6.45, 7) is 1.47. The number of aliphatic hydroxyl groups is 1. The molecule has 4 nitrogen and oxygen atoms in total. The van der Waals surface area contributed by atoms with Crippen LogP contribution in [0.3, 0.4) is 0 Å². The lowest BCUT2D eigenvalue weighted by Crippen LogP contribution is -2.20. The van der Waals surface area contributed by atoms with Gasteiger partial charge in [0.15, 0.2) is 0 Å². The van der Waals surface area contributed by atoms with E-state index in [1.807, 2.05) is 0 Å². The summed E-state index contributed by atoms with van der Waals surface area (Å²) >= 11 is 0. The number of rotatable bonds is 3. The van der Waals surface area contributed by atoms with E-state index in [0.29, 0.717) is 0 Å². The van der Waals surface area contributed by atoms with Crippen molar-refractivity contribution in [1.29, 1.82) is 0 Å². The molecule has 0 atom stereocenters. The van der Waals surface area contributed by atoms with Crippen LogP contribution in [0.2, 0.25) is 0 Å².